The van der Waals surface area contributed by atoms with E-state index in [0.29, 0.717) is 20.8 Å². The normalized spacial score (nSPS) is 24.7. The van der Waals surface area contributed by atoms with Gasteiger partial charge in [-0.15, -0.1) is 0 Å². The third-order valence-corrected chi connectivity index (χ3v) is 11.6. The fourth-order valence-corrected chi connectivity index (χ4v) is 9.24. The van der Waals surface area contributed by atoms with Crippen molar-refractivity contribution in [3.8, 4) is 0 Å². The lowest BCUT2D eigenvalue weighted by molar-refractivity contribution is -0.138. The van der Waals surface area contributed by atoms with Crippen molar-refractivity contribution in [1.29, 1.82) is 0 Å². The number of carbonyl (C=O) groups is 1. The minimum absolute atomic E-state index is 0.0420. The van der Waals surface area contributed by atoms with E-state index in [4.69, 9.17) is 8.85 Å². The Morgan fingerprint density at radius 1 is 1.00 bits per heavy atom. The highest BCUT2D eigenvalue weighted by Crippen LogP contribution is 2.44. The summed E-state index contributed by atoms with van der Waals surface area (Å²) in [4.78, 5) is 13.0. The van der Waals surface area contributed by atoms with Crippen molar-refractivity contribution >= 4 is 24.8 Å². The predicted octanol–water partition coefficient (Wildman–Crippen LogP) is 7.48. The first-order valence-corrected chi connectivity index (χ1v) is 15.5. The highest BCUT2D eigenvalue weighted by molar-refractivity contribution is 6.57. The van der Waals surface area contributed by atoms with E-state index in [1.54, 1.807) is 0 Å². The van der Waals surface area contributed by atoms with Crippen LogP contribution in [0.25, 0.3) is 0 Å². The van der Waals surface area contributed by atoms with E-state index in [0.717, 1.165) is 12.0 Å². The van der Waals surface area contributed by atoms with Crippen LogP contribution in [0.3, 0.4) is 0 Å². The molecule has 2 rings (SSSR count). The zero-order chi connectivity index (χ0) is 22.0. The molecule has 30 heavy (non-hydrogen) atoms. The third kappa shape index (κ3) is 9.56. The van der Waals surface area contributed by atoms with Gasteiger partial charge in [0.05, 0.1) is 5.92 Å². The first-order valence-electron chi connectivity index (χ1n) is 12.8. The number of carbonyl (C=O) groups excluding carboxylic acids is 1. The smallest absolute Gasteiger partial charge is 0.295 e. The Balaban J connectivity index is 1.88. The lowest BCUT2D eigenvalue weighted by atomic mass is 9.85. The van der Waals surface area contributed by atoms with E-state index in [9.17, 15) is 4.79 Å². The van der Waals surface area contributed by atoms with Crippen LogP contribution in [0.1, 0.15) is 118 Å². The van der Waals surface area contributed by atoms with Gasteiger partial charge in [0.25, 0.3) is 15.0 Å². The summed E-state index contributed by atoms with van der Waals surface area (Å²) < 4.78 is 12.3. The van der Waals surface area contributed by atoms with Crippen LogP contribution in [0, 0.1) is 11.8 Å². The predicted molar refractivity (Wildman–Crippen MR) is 129 cm³/mol. The van der Waals surface area contributed by atoms with E-state index in [2.05, 4.69) is 27.7 Å². The van der Waals surface area contributed by atoms with Crippen molar-refractivity contribution in [2.24, 2.45) is 11.8 Å². The molecule has 3 nitrogen and oxygen atoms in total. The van der Waals surface area contributed by atoms with E-state index >= 15 is 0 Å². The summed E-state index contributed by atoms with van der Waals surface area (Å²) in [6.45, 7) is 10.6. The van der Waals surface area contributed by atoms with E-state index < -0.39 is 9.04 Å². The summed E-state index contributed by atoms with van der Waals surface area (Å²) in [5, 5.41) is 0. The minimum Gasteiger partial charge on any atom is -0.517 e. The molecule has 3 radical (unpaired) electrons. The molecule has 0 saturated heterocycles. The summed E-state index contributed by atoms with van der Waals surface area (Å²) in [5.41, 5.74) is 1.24. The summed E-state index contributed by atoms with van der Waals surface area (Å²) in [6.07, 6.45) is 17.5. The van der Waals surface area contributed by atoms with Gasteiger partial charge >= 0.3 is 0 Å². The average molecular weight is 452 g/mol. The van der Waals surface area contributed by atoms with Crippen LogP contribution in [0.15, 0.2) is 0 Å². The molecule has 0 spiro atoms. The fraction of sp³-hybridized carbons (Fsp3) is 0.960. The largest absolute Gasteiger partial charge is 0.517 e. The molecule has 2 fully saturated rings. The number of hydrogen-bond donors (Lipinski definition) is 0. The maximum absolute atomic E-state index is 13.0. The van der Waals surface area contributed by atoms with E-state index in [1.807, 2.05) is 6.92 Å². The molecular weight excluding hydrogens is 404 g/mol. The van der Waals surface area contributed by atoms with Gasteiger partial charge in [-0.2, -0.15) is 0 Å². The number of rotatable bonds is 11. The van der Waals surface area contributed by atoms with Gasteiger partial charge in [-0.25, -0.2) is 0 Å². The van der Waals surface area contributed by atoms with Crippen molar-refractivity contribution in [3.05, 3.63) is 0 Å². The standard InChI is InChI=1S/C25H47O3Si2/c1-6-7-9-12-21-15-17-23(18-16-21)30(22-13-10-8-11-14-22)27-24(26)20(2)19-29-28-25(3,4)5/h20-23H,6-19H2,1-5H3. The molecule has 2 aliphatic carbocycles. The van der Waals surface area contributed by atoms with Crippen molar-refractivity contribution in [2.45, 2.75) is 141 Å². The molecular formula is C25H47O3Si2. The Labute approximate surface area is 191 Å². The Kier molecular flexibility index (Phi) is 11.7. The molecule has 0 N–H and O–H groups in total. The van der Waals surface area contributed by atoms with Gasteiger partial charge in [-0.3, -0.25) is 4.79 Å². The molecule has 2 aliphatic rings. The van der Waals surface area contributed by atoms with Crippen LogP contribution in [0.4, 0.5) is 0 Å². The third-order valence-electron chi connectivity index (χ3n) is 6.86. The lowest BCUT2D eigenvalue weighted by Gasteiger charge is -2.37. The highest BCUT2D eigenvalue weighted by Gasteiger charge is 2.39. The van der Waals surface area contributed by atoms with Gasteiger partial charge in [-0.1, -0.05) is 71.6 Å². The molecule has 2 saturated carbocycles. The van der Waals surface area contributed by atoms with Crippen molar-refractivity contribution < 1.29 is 13.6 Å². The van der Waals surface area contributed by atoms with Gasteiger partial charge in [0.1, 0.15) is 0 Å². The Morgan fingerprint density at radius 3 is 2.23 bits per heavy atom. The monoisotopic (exact) mass is 451 g/mol. The first-order chi connectivity index (χ1) is 14.3. The van der Waals surface area contributed by atoms with Crippen LogP contribution in [0.2, 0.25) is 17.1 Å². The average Bonchev–Trinajstić information content (AvgIpc) is 2.72. The van der Waals surface area contributed by atoms with Crippen LogP contribution >= 0.6 is 0 Å². The van der Waals surface area contributed by atoms with E-state index in [-0.39, 0.29) is 17.5 Å². The molecule has 0 amide bonds. The molecule has 0 bridgehead atoms. The molecule has 0 aromatic rings. The fourth-order valence-electron chi connectivity index (χ4n) is 4.99. The second-order valence-electron chi connectivity index (χ2n) is 10.8. The van der Waals surface area contributed by atoms with Gasteiger partial charge in [0.2, 0.25) is 9.76 Å². The Hall–Kier alpha value is -0.136. The van der Waals surface area contributed by atoms with Crippen LogP contribution in [-0.4, -0.2) is 30.4 Å². The highest BCUT2D eigenvalue weighted by atomic mass is 28.3. The van der Waals surface area contributed by atoms with Gasteiger partial charge < -0.3 is 8.85 Å². The summed E-state index contributed by atoms with van der Waals surface area (Å²) in [7, 11) is -0.705. The van der Waals surface area contributed by atoms with Crippen molar-refractivity contribution in [1.82, 2.24) is 0 Å². The molecule has 0 aromatic heterocycles. The molecule has 0 aliphatic heterocycles. The lowest BCUT2D eigenvalue weighted by Crippen LogP contribution is -2.38. The zero-order valence-electron chi connectivity index (χ0n) is 20.4. The Bertz CT molecular complexity index is 477. The van der Waals surface area contributed by atoms with E-state index in [1.165, 1.54) is 83.5 Å². The molecule has 0 aromatic carbocycles. The second kappa shape index (κ2) is 13.4. The molecule has 0 heterocycles. The minimum atomic E-state index is -1.08. The molecule has 5 heteroatoms. The maximum Gasteiger partial charge on any atom is 0.295 e. The number of unbranched alkanes of at least 4 members (excludes halogenated alkanes) is 2. The zero-order valence-corrected chi connectivity index (χ0v) is 22.4. The van der Waals surface area contributed by atoms with Crippen LogP contribution in [-0.2, 0) is 13.6 Å². The topological polar surface area (TPSA) is 35.5 Å². The number of hydrogen-bond acceptors (Lipinski definition) is 3. The SMILES string of the molecule is CCCCCC1CCC([Si](OC(=O)C(C)C[Si]OC(C)(C)C)C2CCCCC2)CC1. The van der Waals surface area contributed by atoms with Gasteiger partial charge in [-0.05, 0) is 69.5 Å². The Morgan fingerprint density at radius 2 is 1.63 bits per heavy atom. The molecule has 1 unspecified atom stereocenters. The summed E-state index contributed by atoms with van der Waals surface area (Å²) in [5.74, 6) is 0.942. The van der Waals surface area contributed by atoms with Gasteiger partial charge in [0, 0.05) is 5.60 Å². The van der Waals surface area contributed by atoms with Crippen LogP contribution in [0.5, 0.6) is 0 Å². The molecule has 173 valence electrons. The van der Waals surface area contributed by atoms with Crippen molar-refractivity contribution in [2.75, 3.05) is 0 Å². The van der Waals surface area contributed by atoms with Crippen molar-refractivity contribution in [3.63, 3.8) is 0 Å². The van der Waals surface area contributed by atoms with Gasteiger partial charge in [0.15, 0.2) is 0 Å². The van der Waals surface area contributed by atoms with Crippen LogP contribution < -0.4 is 0 Å². The second-order valence-corrected chi connectivity index (χ2v) is 14.4. The molecule has 1 atom stereocenters. The first kappa shape index (κ1) is 26.1. The summed E-state index contributed by atoms with van der Waals surface area (Å²) >= 11 is 0. The summed E-state index contributed by atoms with van der Waals surface area (Å²) in [6, 6.07) is 0.792. The quantitative estimate of drug-likeness (QED) is 0.241. The maximum atomic E-state index is 13.0.